The molecule has 1 amide bonds. The van der Waals surface area contributed by atoms with Gasteiger partial charge in [0.2, 0.25) is 0 Å². The highest BCUT2D eigenvalue weighted by molar-refractivity contribution is 6.30. The molecular formula is C28H30ClN3O2. The minimum Gasteiger partial charge on any atom is -0.493 e. The zero-order valence-corrected chi connectivity index (χ0v) is 20.6. The number of unbranched alkanes of at least 4 members (excludes halogenated alkanes) is 1. The first-order chi connectivity index (χ1) is 16.4. The molecule has 4 aromatic rings. The van der Waals surface area contributed by atoms with Gasteiger partial charge in [-0.15, -0.1) is 0 Å². The van der Waals surface area contributed by atoms with Crippen molar-refractivity contribution in [2.75, 3.05) is 6.61 Å². The van der Waals surface area contributed by atoms with Crippen molar-refractivity contribution in [3.05, 3.63) is 94.3 Å². The molecule has 0 spiro atoms. The van der Waals surface area contributed by atoms with Gasteiger partial charge in [-0.3, -0.25) is 4.79 Å². The number of nitrogens with one attached hydrogen (secondary N) is 1. The standard InChI is InChI=1S/C28H30ClN3O2/c1-19-9-8-10-20(2)26(19)34-18-7-6-17-32-25-12-5-4-11-24(25)31-27(32)21(3)30-28(33)22-13-15-23(29)16-14-22/h4-5,8-16,21H,6-7,17-18H2,1-3H3,(H,30,33). The average molecular weight is 476 g/mol. The topological polar surface area (TPSA) is 56.1 Å². The number of carbonyl (C=O) groups is 1. The third-order valence-electron chi connectivity index (χ3n) is 5.96. The second kappa shape index (κ2) is 10.7. The third-order valence-corrected chi connectivity index (χ3v) is 6.21. The Morgan fingerprint density at radius 2 is 1.71 bits per heavy atom. The molecule has 176 valence electrons. The van der Waals surface area contributed by atoms with Crippen LogP contribution in [0.4, 0.5) is 0 Å². The predicted octanol–water partition coefficient (Wildman–Crippen LogP) is 6.66. The Hall–Kier alpha value is -3.31. The lowest BCUT2D eigenvalue weighted by molar-refractivity contribution is 0.0937. The number of nitrogens with zero attached hydrogens (tertiary/aromatic N) is 2. The van der Waals surface area contributed by atoms with Gasteiger partial charge < -0.3 is 14.6 Å². The van der Waals surface area contributed by atoms with Crippen LogP contribution in [-0.4, -0.2) is 22.1 Å². The van der Waals surface area contributed by atoms with Crippen LogP contribution in [-0.2, 0) is 6.54 Å². The molecule has 3 aromatic carbocycles. The van der Waals surface area contributed by atoms with Crippen LogP contribution in [0.2, 0.25) is 5.02 Å². The zero-order chi connectivity index (χ0) is 24.1. The molecule has 0 aliphatic carbocycles. The second-order valence-corrected chi connectivity index (χ2v) is 9.03. The van der Waals surface area contributed by atoms with Gasteiger partial charge in [-0.2, -0.15) is 0 Å². The van der Waals surface area contributed by atoms with Gasteiger partial charge in [0.1, 0.15) is 11.6 Å². The van der Waals surface area contributed by atoms with Gasteiger partial charge in [0, 0.05) is 17.1 Å². The van der Waals surface area contributed by atoms with Gasteiger partial charge in [-0.1, -0.05) is 41.9 Å². The van der Waals surface area contributed by atoms with Gasteiger partial charge in [-0.05, 0) is 81.1 Å². The van der Waals surface area contributed by atoms with Crippen molar-refractivity contribution in [1.29, 1.82) is 0 Å². The Morgan fingerprint density at radius 3 is 2.44 bits per heavy atom. The molecule has 0 radical (unpaired) electrons. The molecule has 0 aliphatic heterocycles. The number of amides is 1. The van der Waals surface area contributed by atoms with Crippen molar-refractivity contribution in [1.82, 2.24) is 14.9 Å². The number of aryl methyl sites for hydroxylation is 3. The number of benzene rings is 3. The molecule has 6 heteroatoms. The number of imidazole rings is 1. The Balaban J connectivity index is 1.43. The molecule has 0 bridgehead atoms. The molecule has 4 rings (SSSR count). The minimum atomic E-state index is -0.249. The quantitative estimate of drug-likeness (QED) is 0.275. The van der Waals surface area contributed by atoms with E-state index in [1.807, 2.05) is 25.1 Å². The molecule has 0 saturated carbocycles. The largest absolute Gasteiger partial charge is 0.493 e. The van der Waals surface area contributed by atoms with Gasteiger partial charge in [0.15, 0.2) is 0 Å². The highest BCUT2D eigenvalue weighted by Crippen LogP contribution is 2.24. The van der Waals surface area contributed by atoms with Crippen molar-refractivity contribution >= 4 is 28.5 Å². The maximum atomic E-state index is 12.7. The van der Waals surface area contributed by atoms with Crippen molar-refractivity contribution in [2.24, 2.45) is 0 Å². The van der Waals surface area contributed by atoms with E-state index in [0.717, 1.165) is 53.1 Å². The molecule has 1 heterocycles. The summed E-state index contributed by atoms with van der Waals surface area (Å²) in [6, 6.07) is 20.9. The van der Waals surface area contributed by atoms with E-state index in [1.54, 1.807) is 24.3 Å². The van der Waals surface area contributed by atoms with Gasteiger partial charge in [0.25, 0.3) is 5.91 Å². The first-order valence-corrected chi connectivity index (χ1v) is 12.0. The first kappa shape index (κ1) is 23.8. The molecule has 1 unspecified atom stereocenters. The summed E-state index contributed by atoms with van der Waals surface area (Å²) >= 11 is 5.95. The molecule has 1 aromatic heterocycles. The highest BCUT2D eigenvalue weighted by atomic mass is 35.5. The van der Waals surface area contributed by atoms with Gasteiger partial charge in [-0.25, -0.2) is 4.98 Å². The molecule has 34 heavy (non-hydrogen) atoms. The van der Waals surface area contributed by atoms with Crippen LogP contribution >= 0.6 is 11.6 Å². The minimum absolute atomic E-state index is 0.148. The Labute approximate surface area is 205 Å². The third kappa shape index (κ3) is 5.42. The van der Waals surface area contributed by atoms with Crippen LogP contribution in [0.15, 0.2) is 66.7 Å². The smallest absolute Gasteiger partial charge is 0.251 e. The molecular weight excluding hydrogens is 446 g/mol. The molecule has 0 fully saturated rings. The number of hydrogen-bond donors (Lipinski definition) is 1. The number of carbonyl (C=O) groups excluding carboxylic acids is 1. The molecule has 5 nitrogen and oxygen atoms in total. The van der Waals surface area contributed by atoms with Crippen LogP contribution in [0.25, 0.3) is 11.0 Å². The average Bonchev–Trinajstić information content (AvgIpc) is 3.19. The summed E-state index contributed by atoms with van der Waals surface area (Å²) in [4.78, 5) is 17.6. The monoisotopic (exact) mass is 475 g/mol. The summed E-state index contributed by atoms with van der Waals surface area (Å²) < 4.78 is 8.28. The summed E-state index contributed by atoms with van der Waals surface area (Å²) in [5.41, 5.74) is 4.89. The Kier molecular flexibility index (Phi) is 7.53. The SMILES string of the molecule is Cc1cccc(C)c1OCCCCn1c(C(C)NC(=O)c2ccc(Cl)cc2)nc2ccccc21. The number of halogens is 1. The van der Waals surface area contributed by atoms with E-state index < -0.39 is 0 Å². The summed E-state index contributed by atoms with van der Waals surface area (Å²) in [6.07, 6.45) is 1.86. The van der Waals surface area contributed by atoms with Crippen LogP contribution in [0.1, 0.15) is 53.1 Å². The molecule has 0 aliphatic rings. The predicted molar refractivity (Wildman–Crippen MR) is 138 cm³/mol. The number of aromatic nitrogens is 2. The van der Waals surface area contributed by atoms with Gasteiger partial charge in [0.05, 0.1) is 23.7 Å². The Bertz CT molecular complexity index is 1260. The fourth-order valence-electron chi connectivity index (χ4n) is 4.18. The number of ether oxygens (including phenoxy) is 1. The fraction of sp³-hybridized carbons (Fsp3) is 0.286. The first-order valence-electron chi connectivity index (χ1n) is 11.6. The van der Waals surface area contributed by atoms with Crippen LogP contribution < -0.4 is 10.1 Å². The van der Waals surface area contributed by atoms with Gasteiger partial charge >= 0.3 is 0 Å². The van der Waals surface area contributed by atoms with E-state index in [4.69, 9.17) is 21.3 Å². The second-order valence-electron chi connectivity index (χ2n) is 8.59. The lowest BCUT2D eigenvalue weighted by Crippen LogP contribution is -2.28. The van der Waals surface area contributed by atoms with E-state index >= 15 is 0 Å². The van der Waals surface area contributed by atoms with Crippen molar-refractivity contribution in [3.8, 4) is 5.75 Å². The summed E-state index contributed by atoms with van der Waals surface area (Å²) in [7, 11) is 0. The van der Waals surface area contributed by atoms with E-state index in [1.165, 1.54) is 0 Å². The number of hydrogen-bond acceptors (Lipinski definition) is 3. The highest BCUT2D eigenvalue weighted by Gasteiger charge is 2.19. The Morgan fingerprint density at radius 1 is 1.00 bits per heavy atom. The summed E-state index contributed by atoms with van der Waals surface area (Å²) in [6.45, 7) is 7.58. The summed E-state index contributed by atoms with van der Waals surface area (Å²) in [5.74, 6) is 1.68. The van der Waals surface area contributed by atoms with Crippen molar-refractivity contribution < 1.29 is 9.53 Å². The van der Waals surface area contributed by atoms with E-state index in [0.29, 0.717) is 17.2 Å². The number of rotatable bonds is 9. The summed E-state index contributed by atoms with van der Waals surface area (Å²) in [5, 5.41) is 3.68. The fourth-order valence-corrected chi connectivity index (χ4v) is 4.30. The van der Waals surface area contributed by atoms with E-state index in [9.17, 15) is 4.79 Å². The lowest BCUT2D eigenvalue weighted by atomic mass is 10.1. The van der Waals surface area contributed by atoms with Crippen LogP contribution in [0, 0.1) is 13.8 Å². The maximum Gasteiger partial charge on any atom is 0.251 e. The number of para-hydroxylation sites is 3. The normalized spacial score (nSPS) is 12.0. The van der Waals surface area contributed by atoms with Crippen LogP contribution in [0.3, 0.4) is 0 Å². The number of fused-ring (bicyclic) bond motifs is 1. The lowest BCUT2D eigenvalue weighted by Gasteiger charge is -2.17. The molecule has 1 N–H and O–H groups in total. The van der Waals surface area contributed by atoms with E-state index in [-0.39, 0.29) is 11.9 Å². The van der Waals surface area contributed by atoms with Crippen molar-refractivity contribution in [2.45, 2.75) is 46.2 Å². The molecule has 0 saturated heterocycles. The van der Waals surface area contributed by atoms with Crippen LogP contribution in [0.5, 0.6) is 5.75 Å². The van der Waals surface area contributed by atoms with Crippen molar-refractivity contribution in [3.63, 3.8) is 0 Å². The van der Waals surface area contributed by atoms with E-state index in [2.05, 4.69) is 48.0 Å². The molecule has 1 atom stereocenters. The zero-order valence-electron chi connectivity index (χ0n) is 19.8. The maximum absolute atomic E-state index is 12.7.